The van der Waals surface area contributed by atoms with Crippen molar-refractivity contribution in [3.05, 3.63) is 59.7 Å². The predicted molar refractivity (Wildman–Crippen MR) is 104 cm³/mol. The van der Waals surface area contributed by atoms with Crippen LogP contribution in [0.3, 0.4) is 0 Å². The zero-order valence-corrected chi connectivity index (χ0v) is 15.6. The zero-order valence-electron chi connectivity index (χ0n) is 14.8. The standard InChI is InChI=1S/C20H19N3O3S/c1-27-15-7-4-6-14(11-15)21-17(24)12-23-18(25)20(22-19(23)26)10-9-13-5-2-3-8-16(13)20/h2-8,11H,9-10,12H2,1H3,(H,21,24)(H,22,26)/t20-/m1/s1. The van der Waals surface area contributed by atoms with E-state index in [1.165, 1.54) is 0 Å². The second-order valence-corrected chi connectivity index (χ2v) is 7.54. The Morgan fingerprint density at radius 1 is 1.22 bits per heavy atom. The number of hydrogen-bond acceptors (Lipinski definition) is 4. The second kappa shape index (κ2) is 6.74. The van der Waals surface area contributed by atoms with Crippen molar-refractivity contribution in [2.24, 2.45) is 0 Å². The normalized spacial score (nSPS) is 20.7. The minimum absolute atomic E-state index is 0.307. The number of fused-ring (bicyclic) bond motifs is 2. The Morgan fingerprint density at radius 2 is 2.04 bits per heavy atom. The van der Waals surface area contributed by atoms with Crippen molar-refractivity contribution < 1.29 is 14.4 Å². The molecule has 4 amide bonds. The average molecular weight is 381 g/mol. The molecule has 0 unspecified atom stereocenters. The largest absolute Gasteiger partial charge is 0.325 e. The van der Waals surface area contributed by atoms with Crippen LogP contribution >= 0.6 is 11.8 Å². The van der Waals surface area contributed by atoms with Gasteiger partial charge in [0.2, 0.25) is 5.91 Å². The first kappa shape index (κ1) is 17.6. The number of hydrogen-bond donors (Lipinski definition) is 2. The van der Waals surface area contributed by atoms with E-state index in [0.29, 0.717) is 12.1 Å². The number of thioether (sulfide) groups is 1. The van der Waals surface area contributed by atoms with Crippen LogP contribution in [0.15, 0.2) is 53.4 Å². The van der Waals surface area contributed by atoms with Gasteiger partial charge in [0.05, 0.1) is 0 Å². The average Bonchev–Trinajstić information content (AvgIpc) is 3.15. The summed E-state index contributed by atoms with van der Waals surface area (Å²) >= 11 is 1.57. The molecular weight excluding hydrogens is 362 g/mol. The number of nitrogens with one attached hydrogen (secondary N) is 2. The number of anilines is 1. The molecule has 2 N–H and O–H groups in total. The van der Waals surface area contributed by atoms with Crippen molar-refractivity contribution in [1.82, 2.24) is 10.2 Å². The lowest BCUT2D eigenvalue weighted by Gasteiger charge is -2.22. The van der Waals surface area contributed by atoms with Crippen molar-refractivity contribution in [2.75, 3.05) is 18.1 Å². The summed E-state index contributed by atoms with van der Waals surface area (Å²) in [6.07, 6.45) is 3.20. The Balaban J connectivity index is 1.51. The quantitative estimate of drug-likeness (QED) is 0.631. The summed E-state index contributed by atoms with van der Waals surface area (Å²) in [6.45, 7) is -0.307. The lowest BCUT2D eigenvalue weighted by Crippen LogP contribution is -2.42. The summed E-state index contributed by atoms with van der Waals surface area (Å²) in [6, 6.07) is 14.5. The smallest absolute Gasteiger partial charge is 0.324 e. The number of carbonyl (C=O) groups is 3. The van der Waals surface area contributed by atoms with Gasteiger partial charge in [0.15, 0.2) is 0 Å². The van der Waals surface area contributed by atoms with Crippen LogP contribution in [0.5, 0.6) is 0 Å². The highest BCUT2D eigenvalue weighted by molar-refractivity contribution is 7.98. The molecule has 2 aromatic carbocycles. The number of imide groups is 1. The van der Waals surface area contributed by atoms with Crippen LogP contribution in [-0.4, -0.2) is 35.5 Å². The van der Waals surface area contributed by atoms with E-state index < -0.39 is 17.5 Å². The summed E-state index contributed by atoms with van der Waals surface area (Å²) in [5, 5.41) is 5.58. The lowest BCUT2D eigenvalue weighted by atomic mass is 9.92. The third kappa shape index (κ3) is 2.98. The van der Waals surface area contributed by atoms with E-state index in [0.717, 1.165) is 27.3 Å². The van der Waals surface area contributed by atoms with Crippen LogP contribution in [0.25, 0.3) is 0 Å². The highest BCUT2D eigenvalue weighted by Crippen LogP contribution is 2.41. The first-order valence-corrected chi connectivity index (χ1v) is 9.92. The molecule has 1 spiro atoms. The summed E-state index contributed by atoms with van der Waals surface area (Å²) in [4.78, 5) is 39.9. The number of aryl methyl sites for hydroxylation is 1. The molecule has 0 bridgehead atoms. The Morgan fingerprint density at radius 3 is 2.85 bits per heavy atom. The molecule has 1 aliphatic carbocycles. The lowest BCUT2D eigenvalue weighted by molar-refractivity contribution is -0.134. The van der Waals surface area contributed by atoms with Gasteiger partial charge in [-0.15, -0.1) is 11.8 Å². The molecule has 1 heterocycles. The number of amides is 4. The fraction of sp³-hybridized carbons (Fsp3) is 0.250. The van der Waals surface area contributed by atoms with Crippen LogP contribution in [0.2, 0.25) is 0 Å². The second-order valence-electron chi connectivity index (χ2n) is 6.66. The number of carbonyl (C=O) groups excluding carboxylic acids is 3. The molecule has 2 aromatic rings. The van der Waals surface area contributed by atoms with Crippen LogP contribution in [0, 0.1) is 0 Å². The van der Waals surface area contributed by atoms with Gasteiger partial charge in [0, 0.05) is 10.6 Å². The molecule has 6 nitrogen and oxygen atoms in total. The Hall–Kier alpha value is -2.80. The number of benzene rings is 2. The molecule has 0 aromatic heterocycles. The molecule has 1 fully saturated rings. The van der Waals surface area contributed by atoms with E-state index in [1.807, 2.05) is 48.7 Å². The van der Waals surface area contributed by atoms with Gasteiger partial charge in [0.1, 0.15) is 12.1 Å². The maximum atomic E-state index is 13.1. The Bertz CT molecular complexity index is 946. The highest BCUT2D eigenvalue weighted by atomic mass is 32.2. The third-order valence-corrected chi connectivity index (χ3v) is 5.80. The molecule has 4 rings (SSSR count). The van der Waals surface area contributed by atoms with Crippen molar-refractivity contribution in [3.63, 3.8) is 0 Å². The maximum Gasteiger partial charge on any atom is 0.325 e. The van der Waals surface area contributed by atoms with E-state index in [9.17, 15) is 14.4 Å². The van der Waals surface area contributed by atoms with E-state index in [2.05, 4.69) is 10.6 Å². The molecule has 0 radical (unpaired) electrons. The molecule has 1 aliphatic heterocycles. The van der Waals surface area contributed by atoms with Gasteiger partial charge in [-0.25, -0.2) is 4.79 Å². The SMILES string of the molecule is CSc1cccc(NC(=O)CN2C(=O)N[C@@]3(CCc4ccccc43)C2=O)c1. The molecular formula is C20H19N3O3S. The van der Waals surface area contributed by atoms with Gasteiger partial charge in [-0.05, 0) is 48.4 Å². The third-order valence-electron chi connectivity index (χ3n) is 5.08. The van der Waals surface area contributed by atoms with Crippen molar-refractivity contribution in [1.29, 1.82) is 0 Å². The van der Waals surface area contributed by atoms with Crippen molar-refractivity contribution in [3.8, 4) is 0 Å². The fourth-order valence-electron chi connectivity index (χ4n) is 3.78. The molecule has 27 heavy (non-hydrogen) atoms. The summed E-state index contributed by atoms with van der Waals surface area (Å²) in [5.41, 5.74) is 1.50. The first-order valence-electron chi connectivity index (χ1n) is 8.70. The number of rotatable bonds is 4. The Kier molecular flexibility index (Phi) is 4.39. The van der Waals surface area contributed by atoms with Crippen LogP contribution < -0.4 is 10.6 Å². The zero-order chi connectivity index (χ0) is 19.0. The van der Waals surface area contributed by atoms with Crippen molar-refractivity contribution in [2.45, 2.75) is 23.3 Å². The molecule has 1 saturated heterocycles. The number of urea groups is 1. The van der Waals surface area contributed by atoms with Gasteiger partial charge in [-0.1, -0.05) is 30.3 Å². The molecule has 7 heteroatoms. The van der Waals surface area contributed by atoms with Gasteiger partial charge in [0.25, 0.3) is 5.91 Å². The van der Waals surface area contributed by atoms with Crippen molar-refractivity contribution >= 4 is 35.3 Å². The summed E-state index contributed by atoms with van der Waals surface area (Å²) in [5.74, 6) is -0.759. The maximum absolute atomic E-state index is 13.1. The molecule has 2 aliphatic rings. The van der Waals surface area contributed by atoms with E-state index in [4.69, 9.17) is 0 Å². The first-order chi connectivity index (χ1) is 13.0. The molecule has 138 valence electrons. The van der Waals surface area contributed by atoms with Crippen LogP contribution in [-0.2, 0) is 21.5 Å². The summed E-state index contributed by atoms with van der Waals surface area (Å²) < 4.78 is 0. The van der Waals surface area contributed by atoms with Crippen LogP contribution in [0.4, 0.5) is 10.5 Å². The Labute approximate surface area is 161 Å². The molecule has 0 saturated carbocycles. The topological polar surface area (TPSA) is 78.5 Å². The minimum atomic E-state index is -1.03. The van der Waals surface area contributed by atoms with Crippen LogP contribution in [0.1, 0.15) is 17.5 Å². The van der Waals surface area contributed by atoms with E-state index >= 15 is 0 Å². The summed E-state index contributed by atoms with van der Waals surface area (Å²) in [7, 11) is 0. The van der Waals surface area contributed by atoms with E-state index in [1.54, 1.807) is 17.8 Å². The van der Waals surface area contributed by atoms with Gasteiger partial charge in [-0.2, -0.15) is 0 Å². The van der Waals surface area contributed by atoms with Gasteiger partial charge < -0.3 is 10.6 Å². The predicted octanol–water partition coefficient (Wildman–Crippen LogP) is 2.74. The van der Waals surface area contributed by atoms with E-state index in [-0.39, 0.29) is 12.5 Å². The van der Waals surface area contributed by atoms with Gasteiger partial charge >= 0.3 is 6.03 Å². The van der Waals surface area contributed by atoms with Gasteiger partial charge in [-0.3, -0.25) is 14.5 Å². The minimum Gasteiger partial charge on any atom is -0.324 e. The number of nitrogens with zero attached hydrogens (tertiary/aromatic N) is 1. The fourth-order valence-corrected chi connectivity index (χ4v) is 4.24. The highest BCUT2D eigenvalue weighted by Gasteiger charge is 2.55. The monoisotopic (exact) mass is 381 g/mol. The molecule has 1 atom stereocenters.